The lowest BCUT2D eigenvalue weighted by molar-refractivity contribution is -0.121. The Labute approximate surface area is 158 Å². The highest BCUT2D eigenvalue weighted by atomic mass is 16.5. The van der Waals surface area contributed by atoms with Crippen LogP contribution >= 0.6 is 0 Å². The van der Waals surface area contributed by atoms with Gasteiger partial charge >= 0.3 is 0 Å². The van der Waals surface area contributed by atoms with E-state index in [0.717, 1.165) is 24.4 Å². The van der Waals surface area contributed by atoms with Crippen molar-refractivity contribution >= 4 is 5.91 Å². The SMILES string of the molecule is O=C(Cc1ccccn1)NCC1OCCc2cn(Cc3ccccc3)nc21. The molecule has 1 amide bonds. The standard InChI is InChI=1S/C21H22N4O2/c26-20(12-18-8-4-5-10-22-18)23-13-19-21-17(9-11-27-19)15-25(24-21)14-16-6-2-1-3-7-16/h1-8,10,15,19H,9,11-14H2,(H,23,26). The highest BCUT2D eigenvalue weighted by Crippen LogP contribution is 2.25. The predicted molar refractivity (Wildman–Crippen MR) is 101 cm³/mol. The van der Waals surface area contributed by atoms with Gasteiger partial charge in [0.1, 0.15) is 6.10 Å². The maximum absolute atomic E-state index is 12.2. The number of benzene rings is 1. The quantitative estimate of drug-likeness (QED) is 0.731. The normalized spacial score (nSPS) is 15.9. The third-order valence-corrected chi connectivity index (χ3v) is 4.61. The third-order valence-electron chi connectivity index (χ3n) is 4.61. The van der Waals surface area contributed by atoms with E-state index < -0.39 is 0 Å². The molecule has 0 spiro atoms. The van der Waals surface area contributed by atoms with Crippen molar-refractivity contribution in [2.75, 3.05) is 13.2 Å². The molecule has 0 aliphatic carbocycles. The van der Waals surface area contributed by atoms with Gasteiger partial charge < -0.3 is 10.1 Å². The zero-order chi connectivity index (χ0) is 18.5. The first-order valence-corrected chi connectivity index (χ1v) is 9.16. The highest BCUT2D eigenvalue weighted by Gasteiger charge is 2.25. The van der Waals surface area contributed by atoms with Gasteiger partial charge in [0.05, 0.1) is 25.3 Å². The van der Waals surface area contributed by atoms with Crippen LogP contribution < -0.4 is 5.32 Å². The number of amides is 1. The number of rotatable bonds is 6. The Morgan fingerprint density at radius 2 is 2.04 bits per heavy atom. The lowest BCUT2D eigenvalue weighted by atomic mass is 10.1. The minimum absolute atomic E-state index is 0.0619. The van der Waals surface area contributed by atoms with E-state index in [2.05, 4.69) is 28.6 Å². The van der Waals surface area contributed by atoms with Crippen LogP contribution in [-0.2, 0) is 28.9 Å². The molecule has 0 saturated carbocycles. The summed E-state index contributed by atoms with van der Waals surface area (Å²) in [5.74, 6) is -0.0619. The molecule has 1 N–H and O–H groups in total. The van der Waals surface area contributed by atoms with Gasteiger partial charge in [-0.25, -0.2) is 0 Å². The van der Waals surface area contributed by atoms with Crippen molar-refractivity contribution in [3.8, 4) is 0 Å². The molecule has 3 heterocycles. The maximum atomic E-state index is 12.2. The second-order valence-corrected chi connectivity index (χ2v) is 6.63. The summed E-state index contributed by atoms with van der Waals surface area (Å²) in [6.07, 6.45) is 4.69. The summed E-state index contributed by atoms with van der Waals surface area (Å²) in [5.41, 5.74) is 4.09. The fourth-order valence-corrected chi connectivity index (χ4v) is 3.27. The molecule has 4 rings (SSSR count). The van der Waals surface area contributed by atoms with Gasteiger partial charge in [0.2, 0.25) is 5.91 Å². The Kier molecular flexibility index (Phi) is 5.25. The lowest BCUT2D eigenvalue weighted by Gasteiger charge is -2.22. The van der Waals surface area contributed by atoms with E-state index in [9.17, 15) is 4.79 Å². The fourth-order valence-electron chi connectivity index (χ4n) is 3.27. The molecule has 1 atom stereocenters. The number of fused-ring (bicyclic) bond motifs is 1. The zero-order valence-corrected chi connectivity index (χ0v) is 15.0. The molecule has 1 aromatic carbocycles. The van der Waals surface area contributed by atoms with Crippen molar-refractivity contribution in [3.63, 3.8) is 0 Å². The van der Waals surface area contributed by atoms with Crippen molar-refractivity contribution in [3.05, 3.63) is 83.4 Å². The van der Waals surface area contributed by atoms with Crippen LogP contribution in [0.1, 0.15) is 28.6 Å². The van der Waals surface area contributed by atoms with Crippen LogP contribution in [0.2, 0.25) is 0 Å². The van der Waals surface area contributed by atoms with Gasteiger partial charge in [0, 0.05) is 24.6 Å². The molecular formula is C21H22N4O2. The van der Waals surface area contributed by atoms with Crippen LogP contribution in [0.15, 0.2) is 60.9 Å². The zero-order valence-electron chi connectivity index (χ0n) is 15.0. The van der Waals surface area contributed by atoms with Crippen LogP contribution in [0, 0.1) is 0 Å². The summed E-state index contributed by atoms with van der Waals surface area (Å²) in [6, 6.07) is 15.8. The number of nitrogens with zero attached hydrogens (tertiary/aromatic N) is 3. The van der Waals surface area contributed by atoms with Crippen LogP contribution in [0.5, 0.6) is 0 Å². The maximum Gasteiger partial charge on any atom is 0.226 e. The topological polar surface area (TPSA) is 69.0 Å². The van der Waals surface area contributed by atoms with Gasteiger partial charge in [0.25, 0.3) is 0 Å². The average molecular weight is 362 g/mol. The van der Waals surface area contributed by atoms with Crippen LogP contribution in [0.3, 0.4) is 0 Å². The Hall–Kier alpha value is -2.99. The molecule has 138 valence electrons. The number of carbonyl (C=O) groups is 1. The second kappa shape index (κ2) is 8.14. The van der Waals surface area contributed by atoms with Crippen LogP contribution in [-0.4, -0.2) is 33.8 Å². The molecule has 27 heavy (non-hydrogen) atoms. The number of pyridine rings is 1. The molecule has 0 radical (unpaired) electrons. The number of hydrogen-bond acceptors (Lipinski definition) is 4. The monoisotopic (exact) mass is 362 g/mol. The summed E-state index contributed by atoms with van der Waals surface area (Å²) in [5, 5.41) is 7.66. The number of hydrogen-bond donors (Lipinski definition) is 1. The molecule has 1 aliphatic heterocycles. The largest absolute Gasteiger partial charge is 0.370 e. The molecule has 1 aliphatic rings. The molecule has 6 nitrogen and oxygen atoms in total. The van der Waals surface area contributed by atoms with Crippen molar-refractivity contribution in [2.45, 2.75) is 25.5 Å². The van der Waals surface area contributed by atoms with E-state index in [1.807, 2.05) is 41.1 Å². The number of aromatic nitrogens is 3. The van der Waals surface area contributed by atoms with Gasteiger partial charge in [-0.15, -0.1) is 0 Å². The number of carbonyl (C=O) groups excluding carboxylic acids is 1. The van der Waals surface area contributed by atoms with E-state index >= 15 is 0 Å². The van der Waals surface area contributed by atoms with E-state index in [-0.39, 0.29) is 18.4 Å². The predicted octanol–water partition coefficient (Wildman–Crippen LogP) is 2.30. The van der Waals surface area contributed by atoms with E-state index in [1.165, 1.54) is 11.1 Å². The second-order valence-electron chi connectivity index (χ2n) is 6.63. The Morgan fingerprint density at radius 1 is 1.19 bits per heavy atom. The fraction of sp³-hybridized carbons (Fsp3) is 0.286. The highest BCUT2D eigenvalue weighted by molar-refractivity contribution is 5.78. The van der Waals surface area contributed by atoms with Gasteiger partial charge in [-0.05, 0) is 29.7 Å². The minimum atomic E-state index is -0.210. The molecule has 0 saturated heterocycles. The van der Waals surface area contributed by atoms with Gasteiger partial charge in [0.15, 0.2) is 0 Å². The molecule has 0 bridgehead atoms. The first-order valence-electron chi connectivity index (χ1n) is 9.16. The molecule has 6 heteroatoms. The summed E-state index contributed by atoms with van der Waals surface area (Å²) in [7, 11) is 0. The average Bonchev–Trinajstić information content (AvgIpc) is 3.11. The minimum Gasteiger partial charge on any atom is -0.370 e. The number of ether oxygens (including phenoxy) is 1. The molecule has 3 aromatic rings. The van der Waals surface area contributed by atoms with Gasteiger partial charge in [-0.1, -0.05) is 36.4 Å². The molecule has 0 fully saturated rings. The van der Waals surface area contributed by atoms with Crippen molar-refractivity contribution < 1.29 is 9.53 Å². The molecule has 1 unspecified atom stereocenters. The smallest absolute Gasteiger partial charge is 0.226 e. The van der Waals surface area contributed by atoms with E-state index in [0.29, 0.717) is 13.2 Å². The Bertz CT molecular complexity index is 893. The molecular weight excluding hydrogens is 340 g/mol. The summed E-state index contributed by atoms with van der Waals surface area (Å²) in [4.78, 5) is 16.4. The van der Waals surface area contributed by atoms with Crippen LogP contribution in [0.25, 0.3) is 0 Å². The molecule has 2 aromatic heterocycles. The first-order chi connectivity index (χ1) is 13.3. The van der Waals surface area contributed by atoms with Crippen LogP contribution in [0.4, 0.5) is 0 Å². The Balaban J connectivity index is 1.38. The van der Waals surface area contributed by atoms with Crippen molar-refractivity contribution in [1.82, 2.24) is 20.1 Å². The first kappa shape index (κ1) is 17.4. The Morgan fingerprint density at radius 3 is 2.85 bits per heavy atom. The van der Waals surface area contributed by atoms with Crippen molar-refractivity contribution in [2.24, 2.45) is 0 Å². The van der Waals surface area contributed by atoms with E-state index in [4.69, 9.17) is 9.84 Å². The van der Waals surface area contributed by atoms with Crippen molar-refractivity contribution in [1.29, 1.82) is 0 Å². The summed E-state index contributed by atoms with van der Waals surface area (Å²) in [6.45, 7) is 1.79. The third kappa shape index (κ3) is 4.41. The summed E-state index contributed by atoms with van der Waals surface area (Å²) >= 11 is 0. The summed E-state index contributed by atoms with van der Waals surface area (Å²) < 4.78 is 7.82. The van der Waals surface area contributed by atoms with Gasteiger partial charge in [-0.3, -0.25) is 14.5 Å². The lowest BCUT2D eigenvalue weighted by Crippen LogP contribution is -2.33. The number of nitrogens with one attached hydrogen (secondary N) is 1. The van der Waals surface area contributed by atoms with E-state index in [1.54, 1.807) is 6.20 Å². The van der Waals surface area contributed by atoms with Gasteiger partial charge in [-0.2, -0.15) is 5.10 Å².